The standard InChI is InChI=1S/C26H33N3O2/c1-31-24-10-9-20-16-21-6-5-11-29(25(21)18-22(20)17-24)19-26(30)28-14-12-27(13-15-28)23-7-3-2-4-8-23/h2-4,7-10,17,21,25H,5-6,11-16,18-19H2,1H3/t21-,25+/m0/s1. The summed E-state index contributed by atoms with van der Waals surface area (Å²) >= 11 is 0. The van der Waals surface area contributed by atoms with Crippen LogP contribution in [0.3, 0.4) is 0 Å². The molecule has 0 bridgehead atoms. The number of piperazine rings is 1. The van der Waals surface area contributed by atoms with E-state index in [-0.39, 0.29) is 0 Å². The van der Waals surface area contributed by atoms with Gasteiger partial charge in [0.2, 0.25) is 5.91 Å². The van der Waals surface area contributed by atoms with Crippen LogP contribution in [0.15, 0.2) is 48.5 Å². The van der Waals surface area contributed by atoms with Crippen molar-refractivity contribution in [2.75, 3.05) is 51.3 Å². The fraction of sp³-hybridized carbons (Fsp3) is 0.500. The van der Waals surface area contributed by atoms with Crippen molar-refractivity contribution in [2.45, 2.75) is 31.7 Å². The average molecular weight is 420 g/mol. The molecule has 2 aromatic rings. The quantitative estimate of drug-likeness (QED) is 0.762. The molecule has 1 amide bonds. The number of rotatable bonds is 4. The van der Waals surface area contributed by atoms with Crippen LogP contribution in [-0.4, -0.2) is 68.1 Å². The number of amides is 1. The van der Waals surface area contributed by atoms with Crippen LogP contribution < -0.4 is 9.64 Å². The molecule has 0 spiro atoms. The van der Waals surface area contributed by atoms with Crippen molar-refractivity contribution in [3.63, 3.8) is 0 Å². The van der Waals surface area contributed by atoms with E-state index in [0.29, 0.717) is 24.4 Å². The Balaban J connectivity index is 1.21. The SMILES string of the molecule is COc1ccc2c(c1)C[C@@H]1[C@@H](CCCN1CC(=O)N1CCN(c3ccccc3)CC1)C2. The number of carbonyl (C=O) groups is 1. The third-order valence-corrected chi connectivity index (χ3v) is 7.45. The monoisotopic (exact) mass is 419 g/mol. The number of likely N-dealkylation sites (tertiary alicyclic amines) is 1. The number of fused-ring (bicyclic) bond motifs is 2. The Bertz CT molecular complexity index is 908. The van der Waals surface area contributed by atoms with E-state index >= 15 is 0 Å². The maximum atomic E-state index is 13.2. The van der Waals surface area contributed by atoms with Crippen molar-refractivity contribution in [1.82, 2.24) is 9.80 Å². The maximum absolute atomic E-state index is 13.2. The zero-order valence-electron chi connectivity index (χ0n) is 18.5. The van der Waals surface area contributed by atoms with E-state index in [0.717, 1.165) is 51.3 Å². The number of hydrogen-bond donors (Lipinski definition) is 0. The molecule has 5 nitrogen and oxygen atoms in total. The second-order valence-corrected chi connectivity index (χ2v) is 9.19. The summed E-state index contributed by atoms with van der Waals surface area (Å²) < 4.78 is 5.45. The molecule has 0 radical (unpaired) electrons. The van der Waals surface area contributed by atoms with Gasteiger partial charge in [-0.3, -0.25) is 9.69 Å². The molecule has 0 aromatic heterocycles. The first kappa shape index (κ1) is 20.4. The third kappa shape index (κ3) is 4.29. The summed E-state index contributed by atoms with van der Waals surface area (Å²) in [5, 5.41) is 0. The molecule has 2 heterocycles. The molecule has 2 atom stereocenters. The molecule has 2 aromatic carbocycles. The van der Waals surface area contributed by atoms with Crippen LogP contribution >= 0.6 is 0 Å². The van der Waals surface area contributed by atoms with E-state index in [2.05, 4.69) is 63.2 Å². The molecule has 164 valence electrons. The van der Waals surface area contributed by atoms with Gasteiger partial charge in [-0.15, -0.1) is 0 Å². The summed E-state index contributed by atoms with van der Waals surface area (Å²) in [6.45, 7) is 5.05. The molecule has 0 unspecified atom stereocenters. The summed E-state index contributed by atoms with van der Waals surface area (Å²) in [5.74, 6) is 1.90. The van der Waals surface area contributed by atoms with Crippen molar-refractivity contribution >= 4 is 11.6 Å². The number of anilines is 1. The van der Waals surface area contributed by atoms with Gasteiger partial charge in [-0.1, -0.05) is 24.3 Å². The zero-order chi connectivity index (χ0) is 21.2. The minimum absolute atomic E-state index is 0.296. The molecule has 5 heteroatoms. The smallest absolute Gasteiger partial charge is 0.236 e. The summed E-state index contributed by atoms with van der Waals surface area (Å²) in [6.07, 6.45) is 4.63. The van der Waals surface area contributed by atoms with Crippen LogP contribution in [0.25, 0.3) is 0 Å². The molecular formula is C26H33N3O2. The van der Waals surface area contributed by atoms with Crippen LogP contribution in [0.1, 0.15) is 24.0 Å². The number of nitrogens with zero attached hydrogens (tertiary/aromatic N) is 3. The van der Waals surface area contributed by atoms with Crippen molar-refractivity contribution in [1.29, 1.82) is 0 Å². The van der Waals surface area contributed by atoms with Crippen molar-refractivity contribution in [3.8, 4) is 5.75 Å². The predicted octanol–water partition coefficient (Wildman–Crippen LogP) is 3.22. The number of ether oxygens (including phenoxy) is 1. The molecule has 5 rings (SSSR count). The fourth-order valence-electron chi connectivity index (χ4n) is 5.70. The fourth-order valence-corrected chi connectivity index (χ4v) is 5.70. The number of hydrogen-bond acceptors (Lipinski definition) is 4. The summed E-state index contributed by atoms with van der Waals surface area (Å²) in [4.78, 5) is 20.1. The van der Waals surface area contributed by atoms with Gasteiger partial charge >= 0.3 is 0 Å². The highest BCUT2D eigenvalue weighted by Crippen LogP contribution is 2.36. The largest absolute Gasteiger partial charge is 0.497 e. The van der Waals surface area contributed by atoms with Crippen LogP contribution in [0, 0.1) is 5.92 Å². The Hall–Kier alpha value is -2.53. The van der Waals surface area contributed by atoms with Gasteiger partial charge < -0.3 is 14.5 Å². The molecule has 1 aliphatic carbocycles. The lowest BCUT2D eigenvalue weighted by atomic mass is 9.75. The first-order valence-corrected chi connectivity index (χ1v) is 11.7. The van der Waals surface area contributed by atoms with Gasteiger partial charge in [0.25, 0.3) is 0 Å². The number of benzene rings is 2. The lowest BCUT2D eigenvalue weighted by Gasteiger charge is -2.45. The first-order chi connectivity index (χ1) is 15.2. The molecule has 0 saturated carbocycles. The summed E-state index contributed by atoms with van der Waals surface area (Å²) in [5.41, 5.74) is 4.12. The Morgan fingerprint density at radius 1 is 0.968 bits per heavy atom. The van der Waals surface area contributed by atoms with Gasteiger partial charge in [-0.2, -0.15) is 0 Å². The highest BCUT2D eigenvalue weighted by molar-refractivity contribution is 5.78. The van der Waals surface area contributed by atoms with Crippen molar-refractivity contribution in [3.05, 3.63) is 59.7 Å². The topological polar surface area (TPSA) is 36.0 Å². The first-order valence-electron chi connectivity index (χ1n) is 11.7. The lowest BCUT2D eigenvalue weighted by molar-refractivity contribution is -0.134. The highest BCUT2D eigenvalue weighted by atomic mass is 16.5. The molecule has 3 aliphatic rings. The Kier molecular flexibility index (Phi) is 5.86. The second-order valence-electron chi connectivity index (χ2n) is 9.19. The molecule has 0 N–H and O–H groups in total. The van der Waals surface area contributed by atoms with E-state index in [4.69, 9.17) is 4.74 Å². The van der Waals surface area contributed by atoms with Gasteiger partial charge in [0.05, 0.1) is 13.7 Å². The number of methoxy groups -OCH3 is 1. The summed E-state index contributed by atoms with van der Waals surface area (Å²) in [7, 11) is 1.73. The molecule has 2 fully saturated rings. The van der Waals surface area contributed by atoms with E-state index in [1.165, 1.54) is 29.7 Å². The normalized spacial score (nSPS) is 23.8. The van der Waals surface area contributed by atoms with Crippen LogP contribution in [-0.2, 0) is 17.6 Å². The van der Waals surface area contributed by atoms with E-state index in [1.54, 1.807) is 7.11 Å². The third-order valence-electron chi connectivity index (χ3n) is 7.45. The van der Waals surface area contributed by atoms with Crippen LogP contribution in [0.5, 0.6) is 5.75 Å². The molecular weight excluding hydrogens is 386 g/mol. The number of carbonyl (C=O) groups excluding carboxylic acids is 1. The van der Waals surface area contributed by atoms with Gasteiger partial charge in [0, 0.05) is 37.9 Å². The molecule has 2 aliphatic heterocycles. The highest BCUT2D eigenvalue weighted by Gasteiger charge is 2.37. The number of para-hydroxylation sites is 1. The minimum Gasteiger partial charge on any atom is -0.497 e. The van der Waals surface area contributed by atoms with Crippen LogP contribution in [0.4, 0.5) is 5.69 Å². The summed E-state index contributed by atoms with van der Waals surface area (Å²) in [6, 6.07) is 17.5. The average Bonchev–Trinajstić information content (AvgIpc) is 2.83. The van der Waals surface area contributed by atoms with Crippen LogP contribution in [0.2, 0.25) is 0 Å². The minimum atomic E-state index is 0.296. The van der Waals surface area contributed by atoms with Gasteiger partial charge in [0.1, 0.15) is 5.75 Å². The van der Waals surface area contributed by atoms with Gasteiger partial charge in [0.15, 0.2) is 0 Å². The predicted molar refractivity (Wildman–Crippen MR) is 124 cm³/mol. The van der Waals surface area contributed by atoms with Gasteiger partial charge in [-0.25, -0.2) is 0 Å². The Morgan fingerprint density at radius 2 is 1.77 bits per heavy atom. The Labute approximate surface area is 185 Å². The Morgan fingerprint density at radius 3 is 2.55 bits per heavy atom. The van der Waals surface area contributed by atoms with Crippen molar-refractivity contribution in [2.24, 2.45) is 5.92 Å². The second kappa shape index (κ2) is 8.91. The van der Waals surface area contributed by atoms with E-state index < -0.39 is 0 Å². The van der Waals surface area contributed by atoms with E-state index in [9.17, 15) is 4.79 Å². The molecule has 2 saturated heterocycles. The van der Waals surface area contributed by atoms with Crippen molar-refractivity contribution < 1.29 is 9.53 Å². The molecule has 31 heavy (non-hydrogen) atoms. The zero-order valence-corrected chi connectivity index (χ0v) is 18.5. The van der Waals surface area contributed by atoms with E-state index in [1.807, 2.05) is 0 Å². The number of piperidine rings is 1. The maximum Gasteiger partial charge on any atom is 0.236 e. The lowest BCUT2D eigenvalue weighted by Crippen LogP contribution is -2.55. The van der Waals surface area contributed by atoms with Gasteiger partial charge in [-0.05, 0) is 73.5 Å².